The van der Waals surface area contributed by atoms with Crippen LogP contribution in [0.25, 0.3) is 21.8 Å². The highest BCUT2D eigenvalue weighted by Crippen LogP contribution is 2.19. The third kappa shape index (κ3) is 4.39. The van der Waals surface area contributed by atoms with Gasteiger partial charge in [-0.3, -0.25) is 9.59 Å². The number of carbonyl (C=O) groups excluding carboxylic acids is 2. The predicted octanol–water partition coefficient (Wildman–Crippen LogP) is 2.80. The van der Waals surface area contributed by atoms with Crippen LogP contribution in [0.15, 0.2) is 85.8 Å². The SMILES string of the molecule is O=C1C=CC(=O)C=C1.c1c[nH+]c2c(c1)ccc1[nH]ccc12.c1c[nH]cn1. The Bertz CT molecular complexity index is 1020. The summed E-state index contributed by atoms with van der Waals surface area (Å²) in [6.07, 6.45) is 14.0. The van der Waals surface area contributed by atoms with Crippen molar-refractivity contribution in [3.63, 3.8) is 0 Å². The molecule has 1 aliphatic carbocycles. The molecular formula is C20H17N4O2+. The van der Waals surface area contributed by atoms with Crippen molar-refractivity contribution in [2.45, 2.75) is 0 Å². The van der Waals surface area contributed by atoms with Gasteiger partial charge in [0.05, 0.1) is 17.2 Å². The number of benzene rings is 1. The molecular weight excluding hydrogens is 328 g/mol. The molecule has 0 saturated heterocycles. The molecule has 0 unspecified atom stereocenters. The van der Waals surface area contributed by atoms with Crippen molar-refractivity contribution in [2.24, 2.45) is 0 Å². The van der Waals surface area contributed by atoms with Gasteiger partial charge in [0, 0.05) is 30.0 Å². The van der Waals surface area contributed by atoms with E-state index in [-0.39, 0.29) is 11.6 Å². The number of fused-ring (bicyclic) bond motifs is 3. The van der Waals surface area contributed by atoms with Gasteiger partial charge in [0.25, 0.3) is 0 Å². The summed E-state index contributed by atoms with van der Waals surface area (Å²) < 4.78 is 0. The van der Waals surface area contributed by atoms with Gasteiger partial charge >= 0.3 is 0 Å². The van der Waals surface area contributed by atoms with Crippen LogP contribution in [-0.4, -0.2) is 26.5 Å². The lowest BCUT2D eigenvalue weighted by molar-refractivity contribution is -0.343. The lowest BCUT2D eigenvalue weighted by atomic mass is 10.1. The highest BCUT2D eigenvalue weighted by Gasteiger charge is 2.05. The zero-order chi connectivity index (χ0) is 18.2. The van der Waals surface area contributed by atoms with E-state index in [1.165, 1.54) is 46.1 Å². The topological polar surface area (TPSA) is 92.7 Å². The third-order valence-corrected chi connectivity index (χ3v) is 3.60. The zero-order valence-corrected chi connectivity index (χ0v) is 13.8. The van der Waals surface area contributed by atoms with Gasteiger partial charge in [0.15, 0.2) is 17.8 Å². The molecule has 0 aliphatic heterocycles. The molecule has 3 aromatic heterocycles. The molecule has 0 radical (unpaired) electrons. The molecule has 128 valence electrons. The second-order valence-electron chi connectivity index (χ2n) is 5.37. The minimum atomic E-state index is -0.121. The molecule has 4 aromatic rings. The van der Waals surface area contributed by atoms with E-state index < -0.39 is 0 Å². The maximum atomic E-state index is 10.3. The van der Waals surface area contributed by atoms with Gasteiger partial charge in [-0.1, -0.05) is 0 Å². The van der Waals surface area contributed by atoms with E-state index in [0.29, 0.717) is 0 Å². The van der Waals surface area contributed by atoms with E-state index in [1.54, 1.807) is 18.7 Å². The molecule has 26 heavy (non-hydrogen) atoms. The number of allylic oxidation sites excluding steroid dienone is 4. The average molecular weight is 345 g/mol. The summed E-state index contributed by atoms with van der Waals surface area (Å²) in [5.74, 6) is -0.241. The summed E-state index contributed by atoms with van der Waals surface area (Å²) in [6, 6.07) is 10.4. The summed E-state index contributed by atoms with van der Waals surface area (Å²) in [5.41, 5.74) is 2.37. The molecule has 0 fully saturated rings. The van der Waals surface area contributed by atoms with Gasteiger partial charge in [0.1, 0.15) is 0 Å². The Labute approximate surface area is 149 Å². The number of aromatic amines is 3. The van der Waals surface area contributed by atoms with Gasteiger partial charge in [-0.2, -0.15) is 0 Å². The van der Waals surface area contributed by atoms with E-state index in [0.717, 1.165) is 0 Å². The second kappa shape index (κ2) is 8.34. The minimum absolute atomic E-state index is 0.121. The number of rotatable bonds is 0. The summed E-state index contributed by atoms with van der Waals surface area (Å²) in [4.78, 5) is 33.4. The van der Waals surface area contributed by atoms with Crippen molar-refractivity contribution in [1.29, 1.82) is 0 Å². The van der Waals surface area contributed by atoms with Crippen molar-refractivity contribution in [2.75, 3.05) is 0 Å². The molecule has 6 nitrogen and oxygen atoms in total. The van der Waals surface area contributed by atoms with Crippen molar-refractivity contribution in [1.82, 2.24) is 15.0 Å². The number of nitrogens with zero attached hydrogens (tertiary/aromatic N) is 1. The number of ketones is 2. The van der Waals surface area contributed by atoms with E-state index in [4.69, 9.17) is 0 Å². The Morgan fingerprint density at radius 2 is 1.65 bits per heavy atom. The fourth-order valence-corrected chi connectivity index (χ4v) is 2.39. The van der Waals surface area contributed by atoms with Crippen LogP contribution >= 0.6 is 0 Å². The van der Waals surface area contributed by atoms with Gasteiger partial charge in [0.2, 0.25) is 5.52 Å². The average Bonchev–Trinajstić information content (AvgIpc) is 3.39. The Morgan fingerprint density at radius 3 is 2.27 bits per heavy atom. The lowest BCUT2D eigenvalue weighted by Gasteiger charge is -1.91. The smallest absolute Gasteiger partial charge is 0.220 e. The number of imidazole rings is 1. The predicted molar refractivity (Wildman–Crippen MR) is 99.2 cm³/mol. The Kier molecular flexibility index (Phi) is 5.47. The summed E-state index contributed by atoms with van der Waals surface area (Å²) in [6.45, 7) is 0. The molecule has 1 aromatic carbocycles. The number of pyridine rings is 1. The first-order valence-electron chi connectivity index (χ1n) is 7.97. The van der Waals surface area contributed by atoms with Crippen molar-refractivity contribution >= 4 is 33.4 Å². The van der Waals surface area contributed by atoms with Crippen LogP contribution in [0.3, 0.4) is 0 Å². The van der Waals surface area contributed by atoms with Crippen molar-refractivity contribution in [3.8, 4) is 0 Å². The maximum Gasteiger partial charge on any atom is 0.220 e. The van der Waals surface area contributed by atoms with Crippen LogP contribution in [0.2, 0.25) is 0 Å². The maximum absolute atomic E-state index is 10.3. The van der Waals surface area contributed by atoms with Crippen LogP contribution in [0.1, 0.15) is 0 Å². The third-order valence-electron chi connectivity index (χ3n) is 3.60. The largest absolute Gasteiger partial charge is 0.361 e. The highest BCUT2D eigenvalue weighted by atomic mass is 16.1. The summed E-state index contributed by atoms with van der Waals surface area (Å²) in [7, 11) is 0. The fourth-order valence-electron chi connectivity index (χ4n) is 2.39. The monoisotopic (exact) mass is 345 g/mol. The molecule has 0 bridgehead atoms. The number of nitrogens with one attached hydrogen (secondary N) is 3. The Balaban J connectivity index is 0.000000129. The summed E-state index contributed by atoms with van der Waals surface area (Å²) >= 11 is 0. The number of aromatic nitrogens is 4. The van der Waals surface area contributed by atoms with Crippen LogP contribution < -0.4 is 4.98 Å². The number of hydrogen-bond acceptors (Lipinski definition) is 3. The number of H-pyrrole nitrogens is 3. The van der Waals surface area contributed by atoms with Gasteiger partial charge < -0.3 is 9.97 Å². The molecule has 0 amide bonds. The van der Waals surface area contributed by atoms with Crippen LogP contribution in [0, 0.1) is 0 Å². The highest BCUT2D eigenvalue weighted by molar-refractivity contribution is 6.14. The van der Waals surface area contributed by atoms with Crippen LogP contribution in [0.4, 0.5) is 0 Å². The number of hydrogen-bond donors (Lipinski definition) is 2. The Morgan fingerprint density at radius 1 is 0.885 bits per heavy atom. The molecule has 6 heteroatoms. The first-order valence-corrected chi connectivity index (χ1v) is 7.97. The van der Waals surface area contributed by atoms with E-state index >= 15 is 0 Å². The molecule has 0 spiro atoms. The summed E-state index contributed by atoms with van der Waals surface area (Å²) in [5, 5.41) is 2.49. The second-order valence-corrected chi connectivity index (χ2v) is 5.37. The van der Waals surface area contributed by atoms with Crippen LogP contribution in [0.5, 0.6) is 0 Å². The molecule has 5 rings (SSSR count). The van der Waals surface area contributed by atoms with Crippen LogP contribution in [-0.2, 0) is 9.59 Å². The van der Waals surface area contributed by atoms with Gasteiger partial charge in [-0.15, -0.1) is 0 Å². The molecule has 1 aliphatic rings. The van der Waals surface area contributed by atoms with E-state index in [9.17, 15) is 9.59 Å². The van der Waals surface area contributed by atoms with E-state index in [1.807, 2.05) is 18.5 Å². The van der Waals surface area contributed by atoms with Gasteiger partial charge in [-0.05, 0) is 48.6 Å². The lowest BCUT2D eigenvalue weighted by Crippen LogP contribution is -2.00. The van der Waals surface area contributed by atoms with Gasteiger partial charge in [-0.25, -0.2) is 9.97 Å². The Hall–Kier alpha value is -3.80. The number of carbonyl (C=O) groups is 2. The zero-order valence-electron chi connectivity index (χ0n) is 13.8. The van der Waals surface area contributed by atoms with E-state index in [2.05, 4.69) is 44.2 Å². The normalized spacial score (nSPS) is 12.5. The molecule has 0 atom stereocenters. The first-order chi connectivity index (χ1) is 12.7. The molecule has 3 heterocycles. The minimum Gasteiger partial charge on any atom is -0.361 e. The van der Waals surface area contributed by atoms with Crippen molar-refractivity contribution < 1.29 is 14.6 Å². The standard InChI is InChI=1S/C11H8N2.C6H4O2.C3H4N2/c1-2-8-3-4-10-9(5-7-12-10)11(8)13-6-1;7-5-1-2-6(8)4-3-5;1-2-5-3-4-1/h1-7,12H;1-4H;1-3H,(H,4,5)/p+1. The fraction of sp³-hybridized carbons (Fsp3) is 0. The quantitative estimate of drug-likeness (QED) is 0.480. The molecule has 0 saturated carbocycles. The molecule has 3 N–H and O–H groups in total. The first kappa shape index (κ1) is 17.0. The van der Waals surface area contributed by atoms with Crippen molar-refractivity contribution in [3.05, 3.63) is 85.8 Å².